The quantitative estimate of drug-likeness (QED) is 0.829. The van der Waals surface area contributed by atoms with Crippen LogP contribution in [0.3, 0.4) is 0 Å². The van der Waals surface area contributed by atoms with Crippen molar-refractivity contribution in [2.24, 2.45) is 0 Å². The fraction of sp³-hybridized carbons (Fsp3) is 0.500. The van der Waals surface area contributed by atoms with E-state index in [0.29, 0.717) is 0 Å². The maximum absolute atomic E-state index is 4.36. The Morgan fingerprint density at radius 3 is 3.00 bits per heavy atom. The van der Waals surface area contributed by atoms with Crippen molar-refractivity contribution in [2.45, 2.75) is 33.0 Å². The van der Waals surface area contributed by atoms with Gasteiger partial charge < -0.3 is 14.8 Å². The van der Waals surface area contributed by atoms with E-state index in [9.17, 15) is 0 Å². The lowest BCUT2D eigenvalue weighted by Crippen LogP contribution is -2.34. The van der Waals surface area contributed by atoms with E-state index in [2.05, 4.69) is 43.0 Å². The molecule has 0 bridgehead atoms. The fourth-order valence-electron chi connectivity index (χ4n) is 2.38. The maximum Gasteiger partial charge on any atom is 0.151 e. The first kappa shape index (κ1) is 13.1. The monoisotopic (exact) mass is 272 g/mol. The summed E-state index contributed by atoms with van der Waals surface area (Å²) in [5.41, 5.74) is 0.987. The largest absolute Gasteiger partial charge is 0.346 e. The van der Waals surface area contributed by atoms with Gasteiger partial charge in [0.2, 0.25) is 0 Å². The van der Waals surface area contributed by atoms with Gasteiger partial charge in [0.15, 0.2) is 5.82 Å². The lowest BCUT2D eigenvalue weighted by molar-refractivity contribution is 0.553. The molecule has 0 unspecified atom stereocenters. The van der Waals surface area contributed by atoms with E-state index in [1.165, 1.54) is 0 Å². The first-order chi connectivity index (χ1) is 9.86. The summed E-state index contributed by atoms with van der Waals surface area (Å²) in [6, 6.07) is 4.10. The molecule has 0 atom stereocenters. The first-order valence-electron chi connectivity index (χ1n) is 7.15. The van der Waals surface area contributed by atoms with E-state index in [0.717, 1.165) is 56.5 Å². The zero-order valence-corrected chi connectivity index (χ0v) is 11.8. The van der Waals surface area contributed by atoms with Crippen LogP contribution in [0.2, 0.25) is 0 Å². The van der Waals surface area contributed by atoms with Crippen LogP contribution in [0.1, 0.15) is 24.9 Å². The number of hydrogen-bond donors (Lipinski definition) is 1. The molecule has 3 rings (SSSR count). The molecule has 0 radical (unpaired) electrons. The zero-order chi connectivity index (χ0) is 13.8. The average Bonchev–Trinajstić information content (AvgIpc) is 2.96. The molecule has 20 heavy (non-hydrogen) atoms. The predicted octanol–water partition coefficient (Wildman–Crippen LogP) is 1.19. The second kappa shape index (κ2) is 6.00. The molecule has 0 aromatic carbocycles. The average molecular weight is 272 g/mol. The van der Waals surface area contributed by atoms with Gasteiger partial charge in [0.1, 0.15) is 5.82 Å². The maximum atomic E-state index is 4.36. The molecule has 0 spiro atoms. The van der Waals surface area contributed by atoms with Crippen molar-refractivity contribution < 1.29 is 0 Å². The number of hydrogen-bond acceptors (Lipinski definition) is 5. The van der Waals surface area contributed by atoms with Crippen molar-refractivity contribution in [3.8, 4) is 0 Å². The summed E-state index contributed by atoms with van der Waals surface area (Å²) in [7, 11) is 0. The molecule has 6 heteroatoms. The summed E-state index contributed by atoms with van der Waals surface area (Å²) in [6.07, 6.45) is 5.01. The van der Waals surface area contributed by atoms with Gasteiger partial charge >= 0.3 is 0 Å². The van der Waals surface area contributed by atoms with Crippen LogP contribution in [0.15, 0.2) is 24.5 Å². The molecule has 0 saturated heterocycles. The Balaban J connectivity index is 1.63. The van der Waals surface area contributed by atoms with Crippen LogP contribution in [-0.4, -0.2) is 32.8 Å². The Morgan fingerprint density at radius 1 is 1.25 bits per heavy atom. The van der Waals surface area contributed by atoms with E-state index < -0.39 is 0 Å². The van der Waals surface area contributed by atoms with Crippen molar-refractivity contribution in [1.82, 2.24) is 25.1 Å². The van der Waals surface area contributed by atoms with Gasteiger partial charge in [-0.05, 0) is 25.1 Å². The van der Waals surface area contributed by atoms with E-state index in [4.69, 9.17) is 0 Å². The van der Waals surface area contributed by atoms with Gasteiger partial charge in [0, 0.05) is 32.0 Å². The summed E-state index contributed by atoms with van der Waals surface area (Å²) >= 11 is 0. The number of nitrogens with zero attached hydrogens (tertiary/aromatic N) is 5. The van der Waals surface area contributed by atoms with E-state index >= 15 is 0 Å². The second-order valence-corrected chi connectivity index (χ2v) is 5.02. The Labute approximate surface area is 118 Å². The molecule has 1 aliphatic rings. The van der Waals surface area contributed by atoms with Gasteiger partial charge in [-0.1, -0.05) is 6.92 Å². The molecule has 0 saturated carbocycles. The minimum absolute atomic E-state index is 0.783. The molecule has 1 aliphatic heterocycles. The molecule has 6 nitrogen and oxygen atoms in total. The Hall–Kier alpha value is -1.95. The van der Waals surface area contributed by atoms with Crippen LogP contribution < -0.4 is 10.2 Å². The molecule has 0 fully saturated rings. The number of anilines is 1. The summed E-state index contributed by atoms with van der Waals surface area (Å²) < 4.78 is 2.19. The van der Waals surface area contributed by atoms with Crippen molar-refractivity contribution >= 4 is 5.82 Å². The smallest absolute Gasteiger partial charge is 0.151 e. The standard InChI is InChI=1S/C14H20N6/c1-2-5-15-10-12-3-4-13(18-17-12)20-9-8-19-7-6-16-14(19)11-20/h3-4,6-7,15H,2,5,8-11H2,1H3. The molecule has 2 aromatic heterocycles. The highest BCUT2D eigenvalue weighted by molar-refractivity contribution is 5.38. The van der Waals surface area contributed by atoms with Crippen molar-refractivity contribution in [2.75, 3.05) is 18.0 Å². The van der Waals surface area contributed by atoms with Gasteiger partial charge in [-0.2, -0.15) is 5.10 Å². The third-order valence-corrected chi connectivity index (χ3v) is 3.51. The zero-order valence-electron chi connectivity index (χ0n) is 11.8. The van der Waals surface area contributed by atoms with E-state index in [1.807, 2.05) is 18.5 Å². The highest BCUT2D eigenvalue weighted by Gasteiger charge is 2.17. The Kier molecular flexibility index (Phi) is 3.92. The lowest BCUT2D eigenvalue weighted by Gasteiger charge is -2.28. The molecule has 3 heterocycles. The third kappa shape index (κ3) is 2.80. The van der Waals surface area contributed by atoms with E-state index in [1.54, 1.807) is 0 Å². The van der Waals surface area contributed by atoms with Crippen LogP contribution in [0.5, 0.6) is 0 Å². The van der Waals surface area contributed by atoms with Gasteiger partial charge in [-0.15, -0.1) is 5.10 Å². The predicted molar refractivity (Wildman–Crippen MR) is 77.3 cm³/mol. The summed E-state index contributed by atoms with van der Waals surface area (Å²) in [6.45, 7) is 6.66. The molecule has 2 aromatic rings. The number of imidazole rings is 1. The molecule has 1 N–H and O–H groups in total. The van der Waals surface area contributed by atoms with Crippen LogP contribution >= 0.6 is 0 Å². The summed E-state index contributed by atoms with van der Waals surface area (Å²) in [5.74, 6) is 2.02. The second-order valence-electron chi connectivity index (χ2n) is 5.02. The molecule has 106 valence electrons. The minimum atomic E-state index is 0.783. The van der Waals surface area contributed by atoms with Gasteiger partial charge in [-0.25, -0.2) is 4.98 Å². The van der Waals surface area contributed by atoms with Gasteiger partial charge in [0.25, 0.3) is 0 Å². The number of rotatable bonds is 5. The first-order valence-corrected chi connectivity index (χ1v) is 7.15. The topological polar surface area (TPSA) is 58.9 Å². The number of fused-ring (bicyclic) bond motifs is 1. The van der Waals surface area contributed by atoms with Crippen molar-refractivity contribution in [1.29, 1.82) is 0 Å². The number of aromatic nitrogens is 4. The highest BCUT2D eigenvalue weighted by Crippen LogP contribution is 2.17. The van der Waals surface area contributed by atoms with Crippen LogP contribution in [0.25, 0.3) is 0 Å². The normalized spacial score (nSPS) is 14.3. The molecule has 0 aliphatic carbocycles. The van der Waals surface area contributed by atoms with Crippen molar-refractivity contribution in [3.63, 3.8) is 0 Å². The summed E-state index contributed by atoms with van der Waals surface area (Å²) in [5, 5.41) is 12.0. The Bertz CT molecular complexity index is 547. The van der Waals surface area contributed by atoms with Crippen LogP contribution in [0.4, 0.5) is 5.82 Å². The lowest BCUT2D eigenvalue weighted by atomic mass is 10.3. The summed E-state index contributed by atoms with van der Waals surface area (Å²) in [4.78, 5) is 6.58. The third-order valence-electron chi connectivity index (χ3n) is 3.51. The SMILES string of the molecule is CCCNCc1ccc(N2CCn3ccnc3C2)nn1. The molecular formula is C14H20N6. The molecule has 0 amide bonds. The Morgan fingerprint density at radius 2 is 2.20 bits per heavy atom. The van der Waals surface area contributed by atoms with E-state index in [-0.39, 0.29) is 0 Å². The number of nitrogens with one attached hydrogen (secondary N) is 1. The fourth-order valence-corrected chi connectivity index (χ4v) is 2.38. The highest BCUT2D eigenvalue weighted by atomic mass is 15.3. The van der Waals surface area contributed by atoms with Gasteiger partial charge in [0.05, 0.1) is 12.2 Å². The van der Waals surface area contributed by atoms with Crippen LogP contribution in [0, 0.1) is 0 Å². The molecular weight excluding hydrogens is 252 g/mol. The van der Waals surface area contributed by atoms with Gasteiger partial charge in [-0.3, -0.25) is 0 Å². The van der Waals surface area contributed by atoms with Crippen molar-refractivity contribution in [3.05, 3.63) is 36.0 Å². The minimum Gasteiger partial charge on any atom is -0.346 e. The van der Waals surface area contributed by atoms with Crippen LogP contribution in [-0.2, 0) is 19.6 Å².